The first-order valence-electron chi connectivity index (χ1n) is 11.2. The van der Waals surface area contributed by atoms with Crippen LogP contribution in [0.4, 0.5) is 17.6 Å². The smallest absolute Gasteiger partial charge is 0.416 e. The number of nitrogens with one attached hydrogen (secondary N) is 1. The van der Waals surface area contributed by atoms with Crippen molar-refractivity contribution in [3.63, 3.8) is 0 Å². The first-order valence-corrected chi connectivity index (χ1v) is 11.2. The number of alkyl halides is 3. The molecule has 4 rings (SSSR count). The van der Waals surface area contributed by atoms with Crippen LogP contribution in [0.15, 0.2) is 89.5 Å². The van der Waals surface area contributed by atoms with Gasteiger partial charge in [0.25, 0.3) is 5.91 Å². The van der Waals surface area contributed by atoms with Crippen LogP contribution in [0.2, 0.25) is 0 Å². The molecule has 0 radical (unpaired) electrons. The van der Waals surface area contributed by atoms with E-state index in [2.05, 4.69) is 10.3 Å². The van der Waals surface area contributed by atoms with Gasteiger partial charge in [0.05, 0.1) is 12.1 Å². The first-order chi connectivity index (χ1) is 17.3. The van der Waals surface area contributed by atoms with Crippen molar-refractivity contribution in [1.82, 2.24) is 15.2 Å². The molecule has 1 heterocycles. The summed E-state index contributed by atoms with van der Waals surface area (Å²) in [7, 11) is 0. The standard InChI is InChI=1S/C27H23F4N3O2/c28-23-12-8-21(9-13-23)16-34(15-20-6-10-22(11-7-20)27(29,30)31)17-25-33-24(18-36-25)26(35)32-14-19-4-2-1-3-5-19/h1-13,18H,14-17H2,(H,32,35). The number of carbonyl (C=O) groups excluding carboxylic acids is 1. The van der Waals surface area contributed by atoms with Crippen LogP contribution in [-0.4, -0.2) is 15.8 Å². The highest BCUT2D eigenvalue weighted by molar-refractivity contribution is 5.91. The van der Waals surface area contributed by atoms with Crippen LogP contribution in [-0.2, 0) is 32.4 Å². The molecule has 0 bridgehead atoms. The normalized spacial score (nSPS) is 11.6. The van der Waals surface area contributed by atoms with Gasteiger partial charge < -0.3 is 9.73 Å². The maximum absolute atomic E-state index is 13.3. The molecule has 1 N–H and O–H groups in total. The fourth-order valence-electron chi connectivity index (χ4n) is 3.62. The minimum Gasteiger partial charge on any atom is -0.447 e. The third kappa shape index (κ3) is 7.02. The zero-order valence-electron chi connectivity index (χ0n) is 19.1. The summed E-state index contributed by atoms with van der Waals surface area (Å²) < 4.78 is 57.6. The number of amides is 1. The molecule has 0 aliphatic rings. The summed E-state index contributed by atoms with van der Waals surface area (Å²) in [6, 6.07) is 20.3. The summed E-state index contributed by atoms with van der Waals surface area (Å²) in [6.45, 7) is 1.17. The fourth-order valence-corrected chi connectivity index (χ4v) is 3.62. The average molecular weight is 497 g/mol. The minimum absolute atomic E-state index is 0.122. The Kier molecular flexibility index (Phi) is 7.80. The molecule has 9 heteroatoms. The van der Waals surface area contributed by atoms with E-state index in [1.54, 1.807) is 12.1 Å². The second kappa shape index (κ2) is 11.2. The molecule has 4 aromatic rings. The number of halogens is 4. The van der Waals surface area contributed by atoms with Crippen molar-refractivity contribution in [2.75, 3.05) is 0 Å². The van der Waals surface area contributed by atoms with E-state index in [1.165, 1.54) is 30.5 Å². The predicted octanol–water partition coefficient (Wildman–Crippen LogP) is 5.96. The Morgan fingerprint density at radius 1 is 0.833 bits per heavy atom. The van der Waals surface area contributed by atoms with Crippen LogP contribution < -0.4 is 5.32 Å². The number of carbonyl (C=O) groups is 1. The Balaban J connectivity index is 1.45. The van der Waals surface area contributed by atoms with Crippen molar-refractivity contribution in [3.05, 3.63) is 125 Å². The Labute approximate surface area is 205 Å². The van der Waals surface area contributed by atoms with Gasteiger partial charge in [-0.2, -0.15) is 13.2 Å². The molecule has 0 fully saturated rings. The monoisotopic (exact) mass is 497 g/mol. The maximum Gasteiger partial charge on any atom is 0.416 e. The van der Waals surface area contributed by atoms with E-state index < -0.39 is 11.7 Å². The summed E-state index contributed by atoms with van der Waals surface area (Å²) in [4.78, 5) is 18.6. The lowest BCUT2D eigenvalue weighted by Crippen LogP contribution is -2.24. The topological polar surface area (TPSA) is 58.4 Å². The summed E-state index contributed by atoms with van der Waals surface area (Å²) in [5.74, 6) is -0.484. The lowest BCUT2D eigenvalue weighted by molar-refractivity contribution is -0.137. The van der Waals surface area contributed by atoms with Crippen LogP contribution in [0.3, 0.4) is 0 Å². The molecule has 1 amide bonds. The zero-order valence-corrected chi connectivity index (χ0v) is 19.1. The molecule has 3 aromatic carbocycles. The molecule has 1 aromatic heterocycles. The van der Waals surface area contributed by atoms with Crippen LogP contribution in [0.1, 0.15) is 38.6 Å². The van der Waals surface area contributed by atoms with E-state index in [0.29, 0.717) is 18.7 Å². The number of rotatable bonds is 9. The largest absolute Gasteiger partial charge is 0.447 e. The Hall–Kier alpha value is -3.98. The molecular weight excluding hydrogens is 474 g/mol. The van der Waals surface area contributed by atoms with E-state index >= 15 is 0 Å². The highest BCUT2D eigenvalue weighted by atomic mass is 19.4. The van der Waals surface area contributed by atoms with Crippen LogP contribution in [0, 0.1) is 5.82 Å². The third-order valence-electron chi connectivity index (χ3n) is 5.45. The van der Waals surface area contributed by atoms with Crippen LogP contribution in [0.5, 0.6) is 0 Å². The van der Waals surface area contributed by atoms with E-state index in [4.69, 9.17) is 4.42 Å². The van der Waals surface area contributed by atoms with E-state index in [1.807, 2.05) is 35.2 Å². The molecule has 0 saturated carbocycles. The van der Waals surface area contributed by atoms with Crippen LogP contribution in [0.25, 0.3) is 0 Å². The lowest BCUT2D eigenvalue weighted by Gasteiger charge is -2.21. The van der Waals surface area contributed by atoms with Gasteiger partial charge in [-0.05, 0) is 41.0 Å². The second-order valence-corrected chi connectivity index (χ2v) is 8.26. The third-order valence-corrected chi connectivity index (χ3v) is 5.45. The molecular formula is C27H23F4N3O2. The van der Waals surface area contributed by atoms with Gasteiger partial charge in [0, 0.05) is 19.6 Å². The number of nitrogens with zero attached hydrogens (tertiary/aromatic N) is 2. The van der Waals surface area contributed by atoms with Gasteiger partial charge in [-0.1, -0.05) is 54.6 Å². The van der Waals surface area contributed by atoms with Crippen molar-refractivity contribution in [1.29, 1.82) is 0 Å². The minimum atomic E-state index is -4.41. The summed E-state index contributed by atoms with van der Waals surface area (Å²) in [5.41, 5.74) is 1.79. The molecule has 0 saturated heterocycles. The zero-order chi connectivity index (χ0) is 25.5. The van der Waals surface area contributed by atoms with Crippen molar-refractivity contribution in [2.24, 2.45) is 0 Å². The first kappa shape index (κ1) is 25.1. The van der Waals surface area contributed by atoms with Gasteiger partial charge in [-0.3, -0.25) is 9.69 Å². The van der Waals surface area contributed by atoms with E-state index in [9.17, 15) is 22.4 Å². The van der Waals surface area contributed by atoms with Gasteiger partial charge in [-0.25, -0.2) is 9.37 Å². The van der Waals surface area contributed by atoms with Crippen molar-refractivity contribution < 1.29 is 26.8 Å². The van der Waals surface area contributed by atoms with Gasteiger partial charge in [-0.15, -0.1) is 0 Å². The van der Waals surface area contributed by atoms with Crippen molar-refractivity contribution in [2.45, 2.75) is 32.4 Å². The second-order valence-electron chi connectivity index (χ2n) is 8.26. The number of oxazole rings is 1. The highest BCUT2D eigenvalue weighted by Crippen LogP contribution is 2.29. The van der Waals surface area contributed by atoms with Gasteiger partial charge in [0.2, 0.25) is 5.89 Å². The molecule has 0 aliphatic carbocycles. The maximum atomic E-state index is 13.3. The van der Waals surface area contributed by atoms with Gasteiger partial charge in [0.1, 0.15) is 12.1 Å². The summed E-state index contributed by atoms with van der Waals surface area (Å²) in [6.07, 6.45) is -3.15. The van der Waals surface area contributed by atoms with Crippen molar-refractivity contribution in [3.8, 4) is 0 Å². The lowest BCUT2D eigenvalue weighted by atomic mass is 10.1. The quantitative estimate of drug-likeness (QED) is 0.290. The van der Waals surface area contributed by atoms with E-state index in [0.717, 1.165) is 23.3 Å². The Bertz CT molecular complexity index is 1270. The summed E-state index contributed by atoms with van der Waals surface area (Å²) >= 11 is 0. The molecule has 36 heavy (non-hydrogen) atoms. The molecule has 0 aliphatic heterocycles. The molecule has 186 valence electrons. The van der Waals surface area contributed by atoms with Gasteiger partial charge >= 0.3 is 6.18 Å². The SMILES string of the molecule is O=C(NCc1ccccc1)c1coc(CN(Cc2ccc(F)cc2)Cc2ccc(C(F)(F)F)cc2)n1. The molecule has 0 spiro atoms. The fraction of sp³-hybridized carbons (Fsp3) is 0.185. The Morgan fingerprint density at radius 3 is 2.06 bits per heavy atom. The predicted molar refractivity (Wildman–Crippen MR) is 125 cm³/mol. The van der Waals surface area contributed by atoms with Crippen molar-refractivity contribution >= 4 is 5.91 Å². The molecule has 0 unspecified atom stereocenters. The van der Waals surface area contributed by atoms with Gasteiger partial charge in [0.15, 0.2) is 5.69 Å². The number of aromatic nitrogens is 1. The Morgan fingerprint density at radius 2 is 1.44 bits per heavy atom. The van der Waals surface area contributed by atoms with E-state index in [-0.39, 0.29) is 36.4 Å². The number of hydrogen-bond donors (Lipinski definition) is 1. The molecule has 5 nitrogen and oxygen atoms in total. The molecule has 0 atom stereocenters. The highest BCUT2D eigenvalue weighted by Gasteiger charge is 2.30. The number of hydrogen-bond acceptors (Lipinski definition) is 4. The average Bonchev–Trinajstić information content (AvgIpc) is 3.33. The number of benzene rings is 3. The summed E-state index contributed by atoms with van der Waals surface area (Å²) in [5, 5.41) is 2.78. The van der Waals surface area contributed by atoms with Crippen LogP contribution >= 0.6 is 0 Å².